The average molecular weight is 214 g/mol. The quantitative estimate of drug-likeness (QED) is 0.672. The number of aliphatic hydroxyl groups is 1. The number of hydrogen-bond acceptors (Lipinski definition) is 1. The maximum absolute atomic E-state index is 9.76. The van der Waals surface area contributed by atoms with Gasteiger partial charge < -0.3 is 5.11 Å². The van der Waals surface area contributed by atoms with Crippen molar-refractivity contribution in [3.63, 3.8) is 0 Å². The van der Waals surface area contributed by atoms with E-state index in [1.165, 1.54) is 6.42 Å². The average Bonchev–Trinajstić information content (AvgIpc) is 2.01. The zero-order valence-corrected chi connectivity index (χ0v) is 11.5. The molecule has 0 bridgehead atoms. The van der Waals surface area contributed by atoms with Gasteiger partial charge in [-0.05, 0) is 36.5 Å². The van der Waals surface area contributed by atoms with E-state index in [4.69, 9.17) is 0 Å². The molecule has 1 heteroatoms. The van der Waals surface area contributed by atoms with Crippen LogP contribution in [0, 0.1) is 17.3 Å². The van der Waals surface area contributed by atoms with Crippen LogP contribution in [-0.4, -0.2) is 11.2 Å². The standard InChI is InChI=1S/C14H30O/c1-11(2)10-13(15)8-7-9-14(5,6)12(3)4/h11-13,15H,7-10H2,1-6H3/t13-/m1/s1. The van der Waals surface area contributed by atoms with Crippen molar-refractivity contribution < 1.29 is 5.11 Å². The summed E-state index contributed by atoms with van der Waals surface area (Å²) in [5, 5.41) is 9.76. The molecular formula is C14H30O. The van der Waals surface area contributed by atoms with E-state index in [0.29, 0.717) is 11.3 Å². The molecule has 0 spiro atoms. The van der Waals surface area contributed by atoms with Gasteiger partial charge in [0.1, 0.15) is 0 Å². The van der Waals surface area contributed by atoms with Crippen LogP contribution in [0.3, 0.4) is 0 Å². The minimum atomic E-state index is -0.0898. The molecule has 0 saturated carbocycles. The summed E-state index contributed by atoms with van der Waals surface area (Å²) in [4.78, 5) is 0. The highest BCUT2D eigenvalue weighted by Gasteiger charge is 2.21. The summed E-state index contributed by atoms with van der Waals surface area (Å²) >= 11 is 0. The van der Waals surface area contributed by atoms with Crippen molar-refractivity contribution in [2.75, 3.05) is 0 Å². The number of hydrogen-bond donors (Lipinski definition) is 1. The van der Waals surface area contributed by atoms with E-state index in [2.05, 4.69) is 41.5 Å². The summed E-state index contributed by atoms with van der Waals surface area (Å²) < 4.78 is 0. The van der Waals surface area contributed by atoms with E-state index >= 15 is 0 Å². The van der Waals surface area contributed by atoms with Gasteiger partial charge in [-0.2, -0.15) is 0 Å². The molecule has 0 fully saturated rings. The maximum Gasteiger partial charge on any atom is 0.0542 e. The van der Waals surface area contributed by atoms with Crippen LogP contribution < -0.4 is 0 Å². The fourth-order valence-electron chi connectivity index (χ4n) is 1.74. The van der Waals surface area contributed by atoms with Crippen LogP contribution in [0.1, 0.15) is 67.2 Å². The van der Waals surface area contributed by atoms with Crippen LogP contribution in [-0.2, 0) is 0 Å². The normalized spacial score (nSPS) is 15.0. The Balaban J connectivity index is 3.70. The molecule has 1 nitrogen and oxygen atoms in total. The highest BCUT2D eigenvalue weighted by molar-refractivity contribution is 4.73. The number of rotatable bonds is 7. The lowest BCUT2D eigenvalue weighted by molar-refractivity contribution is 0.125. The molecule has 0 aliphatic rings. The Kier molecular flexibility index (Phi) is 6.51. The Morgan fingerprint density at radius 3 is 2.00 bits per heavy atom. The van der Waals surface area contributed by atoms with Gasteiger partial charge in [0.2, 0.25) is 0 Å². The predicted octanol–water partition coefficient (Wildman–Crippen LogP) is 4.25. The third kappa shape index (κ3) is 6.94. The van der Waals surface area contributed by atoms with Gasteiger partial charge in [-0.15, -0.1) is 0 Å². The summed E-state index contributed by atoms with van der Waals surface area (Å²) in [7, 11) is 0. The lowest BCUT2D eigenvalue weighted by Crippen LogP contribution is -2.20. The molecule has 0 heterocycles. The van der Waals surface area contributed by atoms with Crippen LogP contribution in [0.5, 0.6) is 0 Å². The Hall–Kier alpha value is -0.0400. The topological polar surface area (TPSA) is 20.2 Å². The first-order valence-electron chi connectivity index (χ1n) is 6.43. The molecule has 0 aliphatic carbocycles. The zero-order chi connectivity index (χ0) is 12.1. The fourth-order valence-corrected chi connectivity index (χ4v) is 1.74. The van der Waals surface area contributed by atoms with Crippen molar-refractivity contribution in [1.29, 1.82) is 0 Å². The SMILES string of the molecule is CC(C)C[C@H](O)CCCC(C)(C)C(C)C. The van der Waals surface area contributed by atoms with Crippen molar-refractivity contribution >= 4 is 0 Å². The molecule has 0 rings (SSSR count). The molecule has 1 atom stereocenters. The van der Waals surface area contributed by atoms with E-state index in [1.54, 1.807) is 0 Å². The summed E-state index contributed by atoms with van der Waals surface area (Å²) in [6, 6.07) is 0. The Morgan fingerprint density at radius 2 is 1.60 bits per heavy atom. The largest absolute Gasteiger partial charge is 0.393 e. The first-order valence-corrected chi connectivity index (χ1v) is 6.43. The van der Waals surface area contributed by atoms with Crippen LogP contribution in [0.4, 0.5) is 0 Å². The molecule has 0 aromatic carbocycles. The minimum absolute atomic E-state index is 0.0898. The second-order valence-electron chi connectivity index (χ2n) is 6.32. The minimum Gasteiger partial charge on any atom is -0.393 e. The van der Waals surface area contributed by atoms with Crippen molar-refractivity contribution in [2.45, 2.75) is 73.3 Å². The third-order valence-electron chi connectivity index (χ3n) is 3.66. The van der Waals surface area contributed by atoms with Gasteiger partial charge in [-0.3, -0.25) is 0 Å². The van der Waals surface area contributed by atoms with Crippen LogP contribution in [0.2, 0.25) is 0 Å². The predicted molar refractivity (Wildman–Crippen MR) is 67.9 cm³/mol. The summed E-state index contributed by atoms with van der Waals surface area (Å²) in [5.74, 6) is 1.33. The summed E-state index contributed by atoms with van der Waals surface area (Å²) in [6.45, 7) is 13.6. The molecular weight excluding hydrogens is 184 g/mol. The summed E-state index contributed by atoms with van der Waals surface area (Å²) in [5.41, 5.74) is 0.414. The molecule has 1 N–H and O–H groups in total. The van der Waals surface area contributed by atoms with E-state index in [0.717, 1.165) is 25.2 Å². The molecule has 0 radical (unpaired) electrons. The highest BCUT2D eigenvalue weighted by Crippen LogP contribution is 2.32. The van der Waals surface area contributed by atoms with E-state index in [-0.39, 0.29) is 6.10 Å². The van der Waals surface area contributed by atoms with Gasteiger partial charge >= 0.3 is 0 Å². The lowest BCUT2D eigenvalue weighted by atomic mass is 9.77. The molecule has 92 valence electrons. The van der Waals surface area contributed by atoms with Gasteiger partial charge in [0, 0.05) is 0 Å². The maximum atomic E-state index is 9.76. The smallest absolute Gasteiger partial charge is 0.0542 e. The second-order valence-corrected chi connectivity index (χ2v) is 6.32. The lowest BCUT2D eigenvalue weighted by Gasteiger charge is -2.29. The van der Waals surface area contributed by atoms with Crippen LogP contribution >= 0.6 is 0 Å². The molecule has 0 aliphatic heterocycles. The number of aliphatic hydroxyl groups excluding tert-OH is 1. The van der Waals surface area contributed by atoms with Crippen molar-refractivity contribution in [2.24, 2.45) is 17.3 Å². The first kappa shape index (κ1) is 15.0. The molecule has 0 amide bonds. The van der Waals surface area contributed by atoms with Gasteiger partial charge in [-0.1, -0.05) is 48.0 Å². The summed E-state index contributed by atoms with van der Waals surface area (Å²) in [6.07, 6.45) is 4.20. The van der Waals surface area contributed by atoms with Gasteiger partial charge in [0.25, 0.3) is 0 Å². The van der Waals surface area contributed by atoms with Crippen LogP contribution in [0.15, 0.2) is 0 Å². The molecule has 0 saturated heterocycles. The molecule has 0 aromatic rings. The fraction of sp³-hybridized carbons (Fsp3) is 1.00. The Morgan fingerprint density at radius 1 is 1.07 bits per heavy atom. The van der Waals surface area contributed by atoms with Crippen LogP contribution in [0.25, 0.3) is 0 Å². The zero-order valence-electron chi connectivity index (χ0n) is 11.5. The first-order chi connectivity index (χ1) is 6.75. The van der Waals surface area contributed by atoms with E-state index in [1.807, 2.05) is 0 Å². The molecule has 0 unspecified atom stereocenters. The Bertz CT molecular complexity index is 159. The second kappa shape index (κ2) is 6.52. The van der Waals surface area contributed by atoms with Gasteiger partial charge in [0.15, 0.2) is 0 Å². The molecule has 0 aromatic heterocycles. The van der Waals surface area contributed by atoms with Gasteiger partial charge in [0.05, 0.1) is 6.10 Å². The highest BCUT2D eigenvalue weighted by atomic mass is 16.3. The van der Waals surface area contributed by atoms with Gasteiger partial charge in [-0.25, -0.2) is 0 Å². The van der Waals surface area contributed by atoms with E-state index < -0.39 is 0 Å². The van der Waals surface area contributed by atoms with Crippen molar-refractivity contribution in [3.05, 3.63) is 0 Å². The monoisotopic (exact) mass is 214 g/mol. The third-order valence-corrected chi connectivity index (χ3v) is 3.66. The van der Waals surface area contributed by atoms with Crippen molar-refractivity contribution in [1.82, 2.24) is 0 Å². The molecule has 15 heavy (non-hydrogen) atoms. The Labute approximate surface area is 96.3 Å². The van der Waals surface area contributed by atoms with Crippen molar-refractivity contribution in [3.8, 4) is 0 Å². The van der Waals surface area contributed by atoms with E-state index in [9.17, 15) is 5.11 Å².